The van der Waals surface area contributed by atoms with Crippen LogP contribution in [0, 0.1) is 0 Å². The van der Waals surface area contributed by atoms with Gasteiger partial charge in [0.05, 0.1) is 16.6 Å². The molecule has 0 radical (unpaired) electrons. The highest BCUT2D eigenvalue weighted by Crippen LogP contribution is 2.26. The molecule has 0 spiro atoms. The highest BCUT2D eigenvalue weighted by atomic mass is 32.1. The average molecular weight is 660 g/mol. The van der Waals surface area contributed by atoms with Gasteiger partial charge < -0.3 is 25.0 Å². The van der Waals surface area contributed by atoms with Gasteiger partial charge in [-0.1, -0.05) is 54.6 Å². The van der Waals surface area contributed by atoms with Crippen molar-refractivity contribution in [3.05, 3.63) is 130 Å². The number of piperidine rings is 1. The molecule has 5 heterocycles. The fourth-order valence-corrected chi connectivity index (χ4v) is 6.62. The Morgan fingerprint density at radius 2 is 1.75 bits per heavy atom. The molecule has 2 atom stereocenters. The molecule has 1 fully saturated rings. The normalized spacial score (nSPS) is 18.0. The van der Waals surface area contributed by atoms with Crippen LogP contribution in [0.25, 0.3) is 11.1 Å². The first-order chi connectivity index (χ1) is 23.5. The maximum absolute atomic E-state index is 13.7. The molecule has 2 aromatic heterocycles. The average Bonchev–Trinajstić information content (AvgIpc) is 3.59. The van der Waals surface area contributed by atoms with Crippen LogP contribution in [0.15, 0.2) is 103 Å². The third-order valence-electron chi connectivity index (χ3n) is 8.36. The van der Waals surface area contributed by atoms with E-state index in [1.54, 1.807) is 34.7 Å². The second-order valence-electron chi connectivity index (χ2n) is 11.8. The van der Waals surface area contributed by atoms with Gasteiger partial charge in [-0.15, -0.1) is 11.3 Å². The summed E-state index contributed by atoms with van der Waals surface area (Å²) in [5.41, 5.74) is 4.30. The fraction of sp³-hybridized carbons (Fsp3) is 0.216. The number of aromatic nitrogens is 2. The van der Waals surface area contributed by atoms with E-state index in [1.807, 2.05) is 66.7 Å². The lowest BCUT2D eigenvalue weighted by atomic mass is 10.00. The number of nitrogens with zero attached hydrogens (tertiary/aromatic N) is 3. The smallest absolute Gasteiger partial charge is 0.273 e. The van der Waals surface area contributed by atoms with Crippen molar-refractivity contribution in [1.82, 2.24) is 25.5 Å². The molecule has 0 saturated carbocycles. The Kier molecular flexibility index (Phi) is 9.10. The lowest BCUT2D eigenvalue weighted by Gasteiger charge is -2.38. The molecule has 0 aliphatic carbocycles. The first-order valence-electron chi connectivity index (χ1n) is 15.8. The number of nitrogens with one attached hydrogen (secondary N) is 2. The van der Waals surface area contributed by atoms with Crippen LogP contribution >= 0.6 is 11.3 Å². The molecule has 8 rings (SSSR count). The minimum atomic E-state index is -0.512. The van der Waals surface area contributed by atoms with Crippen molar-refractivity contribution in [2.45, 2.75) is 31.5 Å². The van der Waals surface area contributed by atoms with Crippen molar-refractivity contribution in [2.24, 2.45) is 0 Å². The Bertz CT molecular complexity index is 1930. The number of ether oxygens (including phenoxy) is 2. The third kappa shape index (κ3) is 7.37. The van der Waals surface area contributed by atoms with E-state index < -0.39 is 12.1 Å². The first kappa shape index (κ1) is 31.1. The van der Waals surface area contributed by atoms with E-state index in [-0.39, 0.29) is 30.9 Å². The standard InChI is InChI=1S/C37H33N5O5S/c43-34-22-46-30-8-4-7-26(17-30)27-16-28(20-38-19-27)36(44)41-31-21-42(14-13-33(31)47-29-11-9-25(10-12-29)18-39-34)37(45)32-23-48-35(40-32)15-24-5-2-1-3-6-24/h1-12,16-17,19-20,23,31,33H,13-15,18,21-22H2,(H,39,43)(H,41,44)/t31-,33+/m1/s1. The Hall–Kier alpha value is -5.55. The molecule has 1 saturated heterocycles. The van der Waals surface area contributed by atoms with E-state index in [0.717, 1.165) is 27.3 Å². The number of benzene rings is 3. The van der Waals surface area contributed by atoms with Crippen LogP contribution in [0.5, 0.6) is 11.5 Å². The summed E-state index contributed by atoms with van der Waals surface area (Å²) in [4.78, 5) is 50.6. The van der Waals surface area contributed by atoms with Crippen LogP contribution in [-0.4, -0.2) is 64.4 Å². The minimum absolute atomic E-state index is 0.134. The van der Waals surface area contributed by atoms with Gasteiger partial charge in [-0.25, -0.2) is 4.98 Å². The van der Waals surface area contributed by atoms with Crippen molar-refractivity contribution in [3.63, 3.8) is 0 Å². The van der Waals surface area contributed by atoms with Gasteiger partial charge in [0.15, 0.2) is 6.61 Å². The Labute approximate surface area is 281 Å². The van der Waals surface area contributed by atoms with Crippen LogP contribution < -0.4 is 20.1 Å². The second-order valence-corrected chi connectivity index (χ2v) is 12.7. The molecule has 3 amide bonds. The zero-order valence-corrected chi connectivity index (χ0v) is 26.8. The number of likely N-dealkylation sites (tertiary alicyclic amines) is 1. The largest absolute Gasteiger partial charge is 0.488 e. The molecule has 48 heavy (non-hydrogen) atoms. The summed E-state index contributed by atoms with van der Waals surface area (Å²) < 4.78 is 12.2. The molecule has 6 bridgehead atoms. The molecule has 10 nitrogen and oxygen atoms in total. The van der Waals surface area contributed by atoms with Gasteiger partial charge in [0.2, 0.25) is 0 Å². The number of hydrogen-bond donors (Lipinski definition) is 2. The number of carbonyl (C=O) groups excluding carboxylic acids is 3. The number of hydrogen-bond acceptors (Lipinski definition) is 8. The lowest BCUT2D eigenvalue weighted by Crippen LogP contribution is -2.58. The van der Waals surface area contributed by atoms with Crippen LogP contribution in [0.1, 0.15) is 43.4 Å². The second kappa shape index (κ2) is 14.1. The number of amides is 3. The van der Waals surface area contributed by atoms with Crippen molar-refractivity contribution in [1.29, 1.82) is 0 Å². The number of thiazole rings is 1. The maximum atomic E-state index is 13.7. The van der Waals surface area contributed by atoms with E-state index in [9.17, 15) is 14.4 Å². The number of rotatable bonds is 3. The molecule has 5 aromatic rings. The van der Waals surface area contributed by atoms with Gasteiger partial charge >= 0.3 is 0 Å². The van der Waals surface area contributed by atoms with E-state index in [1.165, 1.54) is 17.5 Å². The van der Waals surface area contributed by atoms with Gasteiger partial charge in [-0.2, -0.15) is 0 Å². The Morgan fingerprint density at radius 1 is 0.917 bits per heavy atom. The number of pyridine rings is 1. The zero-order valence-electron chi connectivity index (χ0n) is 26.0. The predicted octanol–water partition coefficient (Wildman–Crippen LogP) is 4.90. The zero-order chi connectivity index (χ0) is 32.9. The minimum Gasteiger partial charge on any atom is -0.488 e. The van der Waals surface area contributed by atoms with Crippen LogP contribution in [0.4, 0.5) is 0 Å². The van der Waals surface area contributed by atoms with E-state index in [2.05, 4.69) is 20.6 Å². The molecule has 0 unspecified atom stereocenters. The lowest BCUT2D eigenvalue weighted by molar-refractivity contribution is -0.123. The molecule has 2 N–H and O–H groups in total. The monoisotopic (exact) mass is 659 g/mol. The Morgan fingerprint density at radius 3 is 2.60 bits per heavy atom. The molecule has 242 valence electrons. The van der Waals surface area contributed by atoms with Crippen LogP contribution in [-0.2, 0) is 17.8 Å². The van der Waals surface area contributed by atoms with E-state index in [4.69, 9.17) is 9.47 Å². The summed E-state index contributed by atoms with van der Waals surface area (Å²) in [7, 11) is 0. The summed E-state index contributed by atoms with van der Waals surface area (Å²) in [6.45, 7) is 0.896. The molecular weight excluding hydrogens is 627 g/mol. The highest BCUT2D eigenvalue weighted by molar-refractivity contribution is 7.09. The summed E-state index contributed by atoms with van der Waals surface area (Å²) in [5, 5.41) is 8.69. The molecular formula is C37H33N5O5S. The van der Waals surface area contributed by atoms with Gasteiger partial charge in [-0.3, -0.25) is 19.4 Å². The predicted molar refractivity (Wildman–Crippen MR) is 181 cm³/mol. The molecule has 11 heteroatoms. The van der Waals surface area contributed by atoms with Crippen LogP contribution in [0.3, 0.4) is 0 Å². The SMILES string of the molecule is O=C1COc2cccc(c2)-c2cncc(c2)C(=O)N[C@@H]2CN(C(=O)c3csc(Cc4ccccc4)n3)CC[C@@H]2Oc2ccc(cc2)CN1. The Balaban J connectivity index is 1.14. The highest BCUT2D eigenvalue weighted by Gasteiger charge is 2.35. The van der Waals surface area contributed by atoms with Crippen molar-refractivity contribution >= 4 is 29.1 Å². The molecule has 3 aliphatic rings. The van der Waals surface area contributed by atoms with Crippen molar-refractivity contribution in [3.8, 4) is 22.6 Å². The summed E-state index contributed by atoms with van der Waals surface area (Å²) >= 11 is 1.47. The number of carbonyl (C=O) groups is 3. The van der Waals surface area contributed by atoms with Gasteiger partial charge in [-0.05, 0) is 47.0 Å². The maximum Gasteiger partial charge on any atom is 0.273 e. The topological polar surface area (TPSA) is 123 Å². The van der Waals surface area contributed by atoms with Gasteiger partial charge in [0.1, 0.15) is 23.3 Å². The summed E-state index contributed by atoms with van der Waals surface area (Å²) in [6.07, 6.45) is 3.94. The molecule has 3 aliphatic heterocycles. The summed E-state index contributed by atoms with van der Waals surface area (Å²) in [5.74, 6) is 0.394. The van der Waals surface area contributed by atoms with Crippen LogP contribution in [0.2, 0.25) is 0 Å². The summed E-state index contributed by atoms with van der Waals surface area (Å²) in [6, 6.07) is 26.0. The quantitative estimate of drug-likeness (QED) is 0.283. The number of fused-ring (bicyclic) bond motifs is 7. The third-order valence-corrected chi connectivity index (χ3v) is 9.21. The van der Waals surface area contributed by atoms with Gasteiger partial charge in [0, 0.05) is 55.8 Å². The molecule has 3 aromatic carbocycles. The van der Waals surface area contributed by atoms with Gasteiger partial charge in [0.25, 0.3) is 17.7 Å². The van der Waals surface area contributed by atoms with E-state index in [0.29, 0.717) is 48.7 Å². The van der Waals surface area contributed by atoms with Crippen molar-refractivity contribution < 1.29 is 23.9 Å². The van der Waals surface area contributed by atoms with E-state index >= 15 is 0 Å². The fourth-order valence-electron chi connectivity index (χ4n) is 5.82. The van der Waals surface area contributed by atoms with Crippen molar-refractivity contribution in [2.75, 3.05) is 19.7 Å². The first-order valence-corrected chi connectivity index (χ1v) is 16.6.